The average molecular weight is 289 g/mol. The van der Waals surface area contributed by atoms with Crippen molar-refractivity contribution in [3.63, 3.8) is 0 Å². The number of rotatable bonds is 4. The Morgan fingerprint density at radius 1 is 1.00 bits per heavy atom. The average Bonchev–Trinajstić information content (AvgIpc) is 2.48. The molecule has 0 saturated heterocycles. The summed E-state index contributed by atoms with van der Waals surface area (Å²) >= 11 is 0. The van der Waals surface area contributed by atoms with Crippen LogP contribution in [-0.4, -0.2) is 68.6 Å². The van der Waals surface area contributed by atoms with Gasteiger partial charge in [-0.3, -0.25) is 0 Å². The minimum Gasteiger partial charge on any atom is -0.393 e. The Labute approximate surface area is 119 Å². The summed E-state index contributed by atoms with van der Waals surface area (Å²) < 4.78 is 0. The Kier molecular flexibility index (Phi) is 5.39. The van der Waals surface area contributed by atoms with Crippen LogP contribution in [0.5, 0.6) is 0 Å². The molecule has 118 valence electrons. The van der Waals surface area contributed by atoms with Crippen LogP contribution in [0.2, 0.25) is 0 Å². The summed E-state index contributed by atoms with van der Waals surface area (Å²) in [5, 5.41) is 52.1. The summed E-state index contributed by atoms with van der Waals surface area (Å²) in [6.07, 6.45) is 1.94. The van der Waals surface area contributed by atoms with Gasteiger partial charge < -0.3 is 30.8 Å². The predicted octanol–water partition coefficient (Wildman–Crippen LogP) is -1.27. The predicted molar refractivity (Wildman–Crippen MR) is 73.0 cm³/mol. The lowest BCUT2D eigenvalue weighted by atomic mass is 9.76. The van der Waals surface area contributed by atoms with E-state index in [-0.39, 0.29) is 6.42 Å². The van der Waals surface area contributed by atoms with Crippen LogP contribution in [0, 0.1) is 5.92 Å². The van der Waals surface area contributed by atoms with Crippen molar-refractivity contribution < 1.29 is 25.5 Å². The molecule has 2 aliphatic carbocycles. The normalized spacial score (nSPS) is 43.6. The van der Waals surface area contributed by atoms with E-state index in [4.69, 9.17) is 0 Å². The molecule has 20 heavy (non-hydrogen) atoms. The Bertz CT molecular complexity index is 310. The smallest absolute Gasteiger partial charge is 0.118 e. The molecular weight excluding hydrogens is 262 g/mol. The van der Waals surface area contributed by atoms with E-state index >= 15 is 0 Å². The Hall–Kier alpha value is -0.240. The van der Waals surface area contributed by atoms with Crippen LogP contribution in [0.3, 0.4) is 0 Å². The lowest BCUT2D eigenvalue weighted by Crippen LogP contribution is -2.67. The van der Waals surface area contributed by atoms with Crippen molar-refractivity contribution in [3.8, 4) is 0 Å². The van der Waals surface area contributed by atoms with Crippen molar-refractivity contribution in [1.29, 1.82) is 0 Å². The van der Waals surface area contributed by atoms with E-state index in [1.807, 2.05) is 0 Å². The molecule has 2 fully saturated rings. The van der Waals surface area contributed by atoms with Gasteiger partial charge >= 0.3 is 0 Å². The maximum Gasteiger partial charge on any atom is 0.118 e. The molecule has 0 aromatic heterocycles. The van der Waals surface area contributed by atoms with Gasteiger partial charge in [0.15, 0.2) is 0 Å². The molecule has 0 unspecified atom stereocenters. The Morgan fingerprint density at radius 2 is 1.65 bits per heavy atom. The van der Waals surface area contributed by atoms with E-state index in [2.05, 4.69) is 5.32 Å². The second kappa shape index (κ2) is 6.68. The van der Waals surface area contributed by atoms with E-state index in [1.54, 1.807) is 0 Å². The number of hydrogen-bond donors (Lipinski definition) is 6. The number of nitrogens with one attached hydrogen (secondary N) is 1. The minimum absolute atomic E-state index is 0.0234. The first kappa shape index (κ1) is 16.1. The molecule has 6 heteroatoms. The lowest BCUT2D eigenvalue weighted by Gasteiger charge is -2.45. The molecule has 5 atom stereocenters. The molecule has 6 N–H and O–H groups in total. The molecule has 0 aromatic rings. The van der Waals surface area contributed by atoms with Gasteiger partial charge in [-0.15, -0.1) is 0 Å². The Balaban J connectivity index is 1.92. The molecule has 0 spiro atoms. The zero-order valence-corrected chi connectivity index (χ0v) is 11.8. The van der Waals surface area contributed by atoms with Gasteiger partial charge in [0.2, 0.25) is 0 Å². The van der Waals surface area contributed by atoms with Crippen LogP contribution in [0.4, 0.5) is 0 Å². The summed E-state index contributed by atoms with van der Waals surface area (Å²) in [6.45, 7) is 0.0889. The van der Waals surface area contributed by atoms with Crippen LogP contribution in [0.25, 0.3) is 0 Å². The first-order valence-electron chi connectivity index (χ1n) is 7.59. The topological polar surface area (TPSA) is 113 Å². The van der Waals surface area contributed by atoms with Crippen LogP contribution >= 0.6 is 0 Å². The van der Waals surface area contributed by atoms with E-state index < -0.39 is 36.6 Å². The molecule has 0 aromatic carbocycles. The molecule has 0 bridgehead atoms. The van der Waals surface area contributed by atoms with Crippen molar-refractivity contribution in [1.82, 2.24) is 5.32 Å². The number of aliphatic hydroxyl groups is 5. The highest BCUT2D eigenvalue weighted by Crippen LogP contribution is 2.30. The largest absolute Gasteiger partial charge is 0.393 e. The van der Waals surface area contributed by atoms with Crippen molar-refractivity contribution in [2.75, 3.05) is 13.2 Å². The summed E-state index contributed by atoms with van der Waals surface area (Å²) in [4.78, 5) is 0. The van der Waals surface area contributed by atoms with Crippen LogP contribution < -0.4 is 5.32 Å². The second-order valence-electron chi connectivity index (χ2n) is 6.41. The summed E-state index contributed by atoms with van der Waals surface area (Å²) in [6, 6.07) is -0.521. The third-order valence-electron chi connectivity index (χ3n) is 4.88. The number of hydrogen-bond acceptors (Lipinski definition) is 6. The fourth-order valence-electron chi connectivity index (χ4n) is 3.43. The molecule has 0 amide bonds. The number of aliphatic hydroxyl groups excluding tert-OH is 4. The van der Waals surface area contributed by atoms with Crippen molar-refractivity contribution in [2.45, 2.75) is 68.5 Å². The van der Waals surface area contributed by atoms with Gasteiger partial charge in [-0.2, -0.15) is 0 Å². The first-order valence-corrected chi connectivity index (χ1v) is 7.59. The molecule has 6 nitrogen and oxygen atoms in total. The lowest BCUT2D eigenvalue weighted by molar-refractivity contribution is -0.206. The molecule has 0 heterocycles. The summed E-state index contributed by atoms with van der Waals surface area (Å²) in [5.74, 6) is 0.558. The van der Waals surface area contributed by atoms with Crippen molar-refractivity contribution >= 4 is 0 Å². The molecule has 2 rings (SSSR count). The quantitative estimate of drug-likeness (QED) is 0.385. The minimum atomic E-state index is -1.76. The molecule has 2 saturated carbocycles. The first-order chi connectivity index (χ1) is 9.48. The fraction of sp³-hybridized carbons (Fsp3) is 1.00. The maximum atomic E-state index is 10.1. The highest BCUT2D eigenvalue weighted by atomic mass is 16.4. The molecule has 2 aliphatic rings. The van der Waals surface area contributed by atoms with Gasteiger partial charge in [-0.05, 0) is 31.7 Å². The van der Waals surface area contributed by atoms with Crippen LogP contribution in [-0.2, 0) is 0 Å². The standard InChI is InChI=1S/C14H27NO5/c16-8-14(20)6-10(11(17)12(18)13(14)19)15-7-9-4-2-1-3-5-9/h9-13,15-20H,1-8H2/t10-,11-,12+,13-,14-/m0/s1. The van der Waals surface area contributed by atoms with E-state index in [1.165, 1.54) is 19.3 Å². The highest BCUT2D eigenvalue weighted by molar-refractivity contribution is 5.04. The third kappa shape index (κ3) is 3.32. The van der Waals surface area contributed by atoms with Gasteiger partial charge in [-0.1, -0.05) is 19.3 Å². The van der Waals surface area contributed by atoms with Gasteiger partial charge in [0, 0.05) is 6.04 Å². The maximum absolute atomic E-state index is 10.1. The van der Waals surface area contributed by atoms with Crippen LogP contribution in [0.15, 0.2) is 0 Å². The van der Waals surface area contributed by atoms with Gasteiger partial charge in [-0.25, -0.2) is 0 Å². The summed E-state index contributed by atoms with van der Waals surface area (Å²) in [5.41, 5.74) is -1.76. The Morgan fingerprint density at radius 3 is 2.25 bits per heavy atom. The van der Waals surface area contributed by atoms with Crippen LogP contribution in [0.1, 0.15) is 38.5 Å². The molecule has 0 radical (unpaired) electrons. The molecule has 0 aliphatic heterocycles. The van der Waals surface area contributed by atoms with Crippen molar-refractivity contribution in [2.24, 2.45) is 5.92 Å². The zero-order valence-electron chi connectivity index (χ0n) is 11.8. The highest BCUT2D eigenvalue weighted by Gasteiger charge is 2.51. The zero-order chi connectivity index (χ0) is 14.8. The molecular formula is C14H27NO5. The van der Waals surface area contributed by atoms with Gasteiger partial charge in [0.05, 0.1) is 12.7 Å². The monoisotopic (exact) mass is 289 g/mol. The third-order valence-corrected chi connectivity index (χ3v) is 4.88. The van der Waals surface area contributed by atoms with Gasteiger partial charge in [0.25, 0.3) is 0 Å². The van der Waals surface area contributed by atoms with E-state index in [0.717, 1.165) is 19.4 Å². The second-order valence-corrected chi connectivity index (χ2v) is 6.41. The summed E-state index contributed by atoms with van der Waals surface area (Å²) in [7, 11) is 0. The van der Waals surface area contributed by atoms with Crippen molar-refractivity contribution in [3.05, 3.63) is 0 Å². The fourth-order valence-corrected chi connectivity index (χ4v) is 3.43. The van der Waals surface area contributed by atoms with Gasteiger partial charge in [0.1, 0.15) is 17.8 Å². The SMILES string of the molecule is OC[C@@]1(O)C[C@H](NCC2CCCCC2)[C@H](O)[C@@H](O)[C@@H]1O. The van der Waals surface area contributed by atoms with E-state index in [0.29, 0.717) is 5.92 Å². The van der Waals surface area contributed by atoms with E-state index in [9.17, 15) is 25.5 Å².